The van der Waals surface area contributed by atoms with E-state index in [2.05, 4.69) is 11.0 Å². The van der Waals surface area contributed by atoms with Gasteiger partial charge in [-0.1, -0.05) is 6.58 Å². The lowest BCUT2D eigenvalue weighted by atomic mass is 10.3. The molecule has 0 aliphatic rings. The summed E-state index contributed by atoms with van der Waals surface area (Å²) in [6.07, 6.45) is 0.381. The molecule has 0 radical (unpaired) electrons. The number of rotatable bonds is 7. The van der Waals surface area contributed by atoms with Crippen LogP contribution in [-0.4, -0.2) is 41.7 Å². The van der Waals surface area contributed by atoms with Crippen molar-refractivity contribution in [3.8, 4) is 0 Å². The Hall–Kier alpha value is -1.14. The number of hydrogen-bond acceptors (Lipinski definition) is 5. The average molecular weight is 246 g/mol. The normalized spacial score (nSPS) is 11.9. The summed E-state index contributed by atoms with van der Waals surface area (Å²) >= 11 is 0. The third kappa shape index (κ3) is 7.19. The van der Waals surface area contributed by atoms with E-state index in [1.165, 1.54) is 0 Å². The van der Waals surface area contributed by atoms with Crippen LogP contribution in [-0.2, 0) is 23.5 Å². The molecule has 0 heterocycles. The molecule has 6 heteroatoms. The fraction of sp³-hybridized carbons (Fsp3) is 0.600. The Morgan fingerprint density at radius 3 is 2.56 bits per heavy atom. The van der Waals surface area contributed by atoms with Crippen LogP contribution in [0.2, 0.25) is 0 Å². The van der Waals surface area contributed by atoms with Crippen molar-refractivity contribution in [3.05, 3.63) is 12.2 Å². The van der Waals surface area contributed by atoms with Crippen molar-refractivity contribution >= 4 is 22.4 Å². The molecular weight excluding hydrogens is 228 g/mol. The van der Waals surface area contributed by atoms with Gasteiger partial charge in [-0.25, -0.2) is 4.79 Å². The maximum absolute atomic E-state index is 11.0. The summed E-state index contributed by atoms with van der Waals surface area (Å²) in [5.41, 5.74) is 0.369. The van der Waals surface area contributed by atoms with E-state index in [0.29, 0.717) is 22.5 Å². The molecule has 0 aromatic carbocycles. The maximum Gasteiger partial charge on any atom is 0.333 e. The highest BCUT2D eigenvalue weighted by atomic mass is 28.2. The zero-order valence-corrected chi connectivity index (χ0v) is 11.9. The highest BCUT2D eigenvalue weighted by Gasteiger charge is 2.08. The van der Waals surface area contributed by atoms with E-state index in [9.17, 15) is 9.59 Å². The van der Waals surface area contributed by atoms with Crippen LogP contribution < -0.4 is 0 Å². The van der Waals surface area contributed by atoms with Gasteiger partial charge in [0.1, 0.15) is 6.61 Å². The molecule has 0 aromatic rings. The molecule has 0 bridgehead atoms. The Balaban J connectivity index is 3.58. The fourth-order valence-corrected chi connectivity index (χ4v) is 0.911. The van der Waals surface area contributed by atoms with E-state index in [4.69, 9.17) is 9.47 Å². The molecule has 0 fully saturated rings. The van der Waals surface area contributed by atoms with Crippen molar-refractivity contribution in [2.75, 3.05) is 13.2 Å². The molecule has 5 nitrogen and oxygen atoms in total. The summed E-state index contributed by atoms with van der Waals surface area (Å²) in [6.45, 7) is 7.04. The molecule has 1 unspecified atom stereocenters. The Labute approximate surface area is 98.3 Å². The van der Waals surface area contributed by atoms with Gasteiger partial charge in [0.25, 0.3) is 0 Å². The number of carbonyl (C=O) groups excluding carboxylic acids is 2. The standard InChI is InChI=1S/C10H18O5Si/c1-7(2)10(12)13-5-4-8(3)14-6-9(11)15-16/h8H,1,4-6H2,2-3,16H3. The topological polar surface area (TPSA) is 61.8 Å². The molecule has 0 spiro atoms. The molecule has 0 aromatic heterocycles. The molecule has 0 saturated heterocycles. The predicted molar refractivity (Wildman–Crippen MR) is 61.8 cm³/mol. The van der Waals surface area contributed by atoms with Crippen LogP contribution in [0.3, 0.4) is 0 Å². The summed E-state index contributed by atoms with van der Waals surface area (Å²) in [5.74, 6) is -0.774. The van der Waals surface area contributed by atoms with Gasteiger partial charge in [-0.15, -0.1) is 0 Å². The van der Waals surface area contributed by atoms with Crippen LogP contribution in [0.4, 0.5) is 0 Å². The number of hydrogen-bond donors (Lipinski definition) is 0. The van der Waals surface area contributed by atoms with Gasteiger partial charge in [0.2, 0.25) is 10.5 Å². The summed E-state index contributed by atoms with van der Waals surface area (Å²) in [7, 11) is 0.373. The van der Waals surface area contributed by atoms with E-state index in [1.807, 2.05) is 0 Å². The molecule has 0 rings (SSSR count). The van der Waals surface area contributed by atoms with E-state index in [-0.39, 0.29) is 25.3 Å². The highest BCUT2D eigenvalue weighted by molar-refractivity contribution is 6.05. The van der Waals surface area contributed by atoms with Crippen LogP contribution in [0.15, 0.2) is 12.2 Å². The van der Waals surface area contributed by atoms with Crippen molar-refractivity contribution in [2.24, 2.45) is 0 Å². The Bertz CT molecular complexity index is 264. The maximum atomic E-state index is 11.0. The third-order valence-electron chi connectivity index (χ3n) is 1.82. The van der Waals surface area contributed by atoms with E-state index in [1.54, 1.807) is 13.8 Å². The molecule has 0 aliphatic heterocycles. The van der Waals surface area contributed by atoms with Gasteiger partial charge >= 0.3 is 11.9 Å². The second kappa shape index (κ2) is 8.06. The van der Waals surface area contributed by atoms with E-state index < -0.39 is 5.97 Å². The van der Waals surface area contributed by atoms with E-state index in [0.717, 1.165) is 0 Å². The van der Waals surface area contributed by atoms with Crippen LogP contribution in [0.25, 0.3) is 0 Å². The average Bonchev–Trinajstić information content (AvgIpc) is 2.25. The van der Waals surface area contributed by atoms with Crippen molar-refractivity contribution < 1.29 is 23.5 Å². The molecule has 1 atom stereocenters. The van der Waals surface area contributed by atoms with Gasteiger partial charge in [-0.2, -0.15) is 0 Å². The Kier molecular flexibility index (Phi) is 7.48. The van der Waals surface area contributed by atoms with Gasteiger partial charge in [-0.05, 0) is 13.8 Å². The zero-order chi connectivity index (χ0) is 12.6. The number of esters is 1. The molecule has 92 valence electrons. The summed E-state index contributed by atoms with van der Waals surface area (Å²) < 4.78 is 14.6. The Morgan fingerprint density at radius 1 is 1.44 bits per heavy atom. The molecule has 0 N–H and O–H groups in total. The minimum absolute atomic E-state index is 0.0564. The van der Waals surface area contributed by atoms with Crippen LogP contribution in [0, 0.1) is 0 Å². The summed E-state index contributed by atoms with van der Waals surface area (Å²) in [6, 6.07) is 0. The number of ether oxygens (including phenoxy) is 2. The second-order valence-electron chi connectivity index (χ2n) is 3.40. The smallest absolute Gasteiger partial charge is 0.333 e. The first kappa shape index (κ1) is 14.9. The first-order valence-corrected chi connectivity index (χ1v) is 5.80. The van der Waals surface area contributed by atoms with Crippen LogP contribution in [0.5, 0.6) is 0 Å². The first-order chi connectivity index (χ1) is 7.47. The molecule has 0 amide bonds. The lowest BCUT2D eigenvalue weighted by Crippen LogP contribution is -2.19. The molecule has 16 heavy (non-hydrogen) atoms. The van der Waals surface area contributed by atoms with Gasteiger partial charge in [0.05, 0.1) is 12.7 Å². The lowest BCUT2D eigenvalue weighted by molar-refractivity contribution is -0.144. The van der Waals surface area contributed by atoms with Gasteiger partial charge in [0.15, 0.2) is 0 Å². The largest absolute Gasteiger partial charge is 0.527 e. The predicted octanol–water partition coefficient (Wildman–Crippen LogP) is -0.276. The van der Waals surface area contributed by atoms with Gasteiger partial charge < -0.3 is 13.9 Å². The van der Waals surface area contributed by atoms with Crippen LogP contribution in [0.1, 0.15) is 20.3 Å². The first-order valence-electron chi connectivity index (χ1n) is 4.98. The Morgan fingerprint density at radius 2 is 2.06 bits per heavy atom. The zero-order valence-electron chi connectivity index (χ0n) is 9.95. The molecule has 0 saturated carbocycles. The monoisotopic (exact) mass is 246 g/mol. The van der Waals surface area contributed by atoms with Crippen molar-refractivity contribution in [2.45, 2.75) is 26.4 Å². The minimum Gasteiger partial charge on any atom is -0.527 e. The lowest BCUT2D eigenvalue weighted by Gasteiger charge is -2.12. The van der Waals surface area contributed by atoms with Crippen molar-refractivity contribution in [3.63, 3.8) is 0 Å². The summed E-state index contributed by atoms with van der Waals surface area (Å²) in [4.78, 5) is 21.8. The van der Waals surface area contributed by atoms with Gasteiger partial charge in [-0.3, -0.25) is 4.79 Å². The molecular formula is C10H18O5Si. The highest BCUT2D eigenvalue weighted by Crippen LogP contribution is 2.00. The van der Waals surface area contributed by atoms with E-state index >= 15 is 0 Å². The number of carbonyl (C=O) groups is 2. The van der Waals surface area contributed by atoms with Crippen molar-refractivity contribution in [1.29, 1.82) is 0 Å². The minimum atomic E-state index is -0.411. The van der Waals surface area contributed by atoms with Gasteiger partial charge in [0, 0.05) is 12.0 Å². The quantitative estimate of drug-likeness (QED) is 0.351. The SMILES string of the molecule is C=C(C)C(=O)OCCC(C)OCC(=O)O[SiH3]. The van der Waals surface area contributed by atoms with Crippen molar-refractivity contribution in [1.82, 2.24) is 0 Å². The molecule has 0 aliphatic carbocycles. The third-order valence-corrected chi connectivity index (χ3v) is 2.27. The summed E-state index contributed by atoms with van der Waals surface area (Å²) in [5, 5.41) is 0. The fourth-order valence-electron chi connectivity index (χ4n) is 0.793. The van der Waals surface area contributed by atoms with Crippen LogP contribution >= 0.6 is 0 Å². The second-order valence-corrected chi connectivity index (χ2v) is 3.81.